The average Bonchev–Trinajstić information content (AvgIpc) is 2.43. The number of aliphatic hydroxyl groups is 2. The molecule has 0 aromatic rings. The molecule has 0 spiro atoms. The highest BCUT2D eigenvalue weighted by Gasteiger charge is 2.50. The molecule has 2 nitrogen and oxygen atoms in total. The number of hydrogen-bond acceptors (Lipinski definition) is 2. The molecule has 2 heterocycles. The smallest absolute Gasteiger partial charge is 0.129 e. The molecule has 0 aromatic heterocycles. The molecular weight excluding hydrogens is 259 g/mol. The van der Waals surface area contributed by atoms with E-state index < -0.39 is 5.60 Å². The summed E-state index contributed by atoms with van der Waals surface area (Å²) >= 11 is 0. The summed E-state index contributed by atoms with van der Waals surface area (Å²) in [6.45, 7) is 0.313. The van der Waals surface area contributed by atoms with Crippen LogP contribution in [0.4, 0.5) is 0 Å². The molecule has 2 saturated heterocycles. The van der Waals surface area contributed by atoms with E-state index >= 15 is 0 Å². The fraction of sp³-hybridized carbons (Fsp3) is 1.00. The van der Waals surface area contributed by atoms with E-state index in [1.165, 1.54) is 57.8 Å². The molecule has 1 radical (unpaired) electrons. The molecule has 3 rings (SSSR count). The van der Waals surface area contributed by atoms with E-state index in [2.05, 4.69) is 7.28 Å². The van der Waals surface area contributed by atoms with Gasteiger partial charge in [0.25, 0.3) is 0 Å². The molecule has 3 fully saturated rings. The standard InChI is InChI=1S/C18H32BO2/c20-15-17-10-6-8-16(19-17,9-7-11-17)14-18(21)12-4-2-1-3-5-13-18/h20-21H,1-15H2. The third kappa shape index (κ3) is 3.50. The van der Waals surface area contributed by atoms with Crippen LogP contribution in [0.5, 0.6) is 0 Å². The highest BCUT2D eigenvalue weighted by atomic mass is 16.3. The normalized spacial score (nSPS) is 39.9. The van der Waals surface area contributed by atoms with Crippen LogP contribution in [0.2, 0.25) is 10.6 Å². The van der Waals surface area contributed by atoms with Gasteiger partial charge in [0.1, 0.15) is 7.28 Å². The van der Waals surface area contributed by atoms with Crippen LogP contribution in [0.25, 0.3) is 0 Å². The maximum absolute atomic E-state index is 11.2. The Bertz CT molecular complexity index is 337. The zero-order valence-corrected chi connectivity index (χ0v) is 13.6. The van der Waals surface area contributed by atoms with E-state index in [4.69, 9.17) is 0 Å². The van der Waals surface area contributed by atoms with Crippen LogP contribution >= 0.6 is 0 Å². The molecule has 1 saturated carbocycles. The molecule has 1 aliphatic carbocycles. The van der Waals surface area contributed by atoms with Crippen molar-refractivity contribution in [1.82, 2.24) is 0 Å². The Morgan fingerprint density at radius 3 is 1.76 bits per heavy atom. The zero-order chi connectivity index (χ0) is 14.8. The van der Waals surface area contributed by atoms with Crippen molar-refractivity contribution in [2.24, 2.45) is 0 Å². The number of rotatable bonds is 3. The Labute approximate surface area is 131 Å². The van der Waals surface area contributed by atoms with Crippen molar-refractivity contribution in [3.05, 3.63) is 0 Å². The van der Waals surface area contributed by atoms with E-state index in [9.17, 15) is 10.2 Å². The second kappa shape index (κ2) is 6.24. The van der Waals surface area contributed by atoms with Gasteiger partial charge in [-0.3, -0.25) is 0 Å². The Balaban J connectivity index is 1.72. The van der Waals surface area contributed by atoms with Crippen LogP contribution in [0.15, 0.2) is 0 Å². The summed E-state index contributed by atoms with van der Waals surface area (Å²) in [5.74, 6) is 0. The fourth-order valence-electron chi connectivity index (χ4n) is 5.60. The number of aliphatic hydroxyl groups excluding tert-OH is 1. The Morgan fingerprint density at radius 2 is 1.19 bits per heavy atom. The average molecular weight is 291 g/mol. The summed E-state index contributed by atoms with van der Waals surface area (Å²) < 4.78 is 0. The maximum atomic E-state index is 11.2. The summed E-state index contributed by atoms with van der Waals surface area (Å²) in [4.78, 5) is 0. The van der Waals surface area contributed by atoms with Gasteiger partial charge in [0, 0.05) is 6.61 Å². The molecule has 0 unspecified atom stereocenters. The monoisotopic (exact) mass is 291 g/mol. The second-order valence-electron chi connectivity index (χ2n) is 8.40. The summed E-state index contributed by atoms with van der Waals surface area (Å²) in [6, 6.07) is 0. The van der Waals surface area contributed by atoms with E-state index in [-0.39, 0.29) is 10.6 Å². The molecule has 119 valence electrons. The largest absolute Gasteiger partial charge is 0.397 e. The lowest BCUT2D eigenvalue weighted by molar-refractivity contribution is -0.0127. The Hall–Kier alpha value is -0.0151. The first-order valence-electron chi connectivity index (χ1n) is 9.30. The highest BCUT2D eigenvalue weighted by molar-refractivity contribution is 6.45. The SMILES string of the molecule is OCC12[B]C(CC3(O)CCCCCCC3)(CCC1)CCC2. The van der Waals surface area contributed by atoms with Gasteiger partial charge in [0.15, 0.2) is 0 Å². The van der Waals surface area contributed by atoms with Crippen molar-refractivity contribution in [2.45, 2.75) is 106 Å². The number of hydrogen-bond donors (Lipinski definition) is 2. The topological polar surface area (TPSA) is 40.5 Å². The van der Waals surface area contributed by atoms with Gasteiger partial charge in [-0.05, 0) is 24.6 Å². The summed E-state index contributed by atoms with van der Waals surface area (Å²) in [6.07, 6.45) is 16.5. The van der Waals surface area contributed by atoms with E-state index in [0.29, 0.717) is 6.61 Å². The van der Waals surface area contributed by atoms with Gasteiger partial charge in [0.2, 0.25) is 0 Å². The lowest BCUT2D eigenvalue weighted by Crippen LogP contribution is -2.46. The molecule has 0 atom stereocenters. The van der Waals surface area contributed by atoms with Crippen molar-refractivity contribution in [2.75, 3.05) is 6.61 Å². The first-order valence-corrected chi connectivity index (χ1v) is 9.30. The Kier molecular flexibility index (Phi) is 4.71. The van der Waals surface area contributed by atoms with Gasteiger partial charge in [-0.1, -0.05) is 75.9 Å². The van der Waals surface area contributed by atoms with Gasteiger partial charge in [-0.15, -0.1) is 0 Å². The van der Waals surface area contributed by atoms with Gasteiger partial charge < -0.3 is 10.2 Å². The summed E-state index contributed by atoms with van der Waals surface area (Å²) in [5.41, 5.74) is -0.438. The van der Waals surface area contributed by atoms with Crippen LogP contribution in [0.1, 0.15) is 89.9 Å². The van der Waals surface area contributed by atoms with Gasteiger partial charge >= 0.3 is 0 Å². The van der Waals surface area contributed by atoms with Crippen LogP contribution in [0, 0.1) is 0 Å². The van der Waals surface area contributed by atoms with E-state index in [0.717, 1.165) is 32.1 Å². The Morgan fingerprint density at radius 1 is 0.667 bits per heavy atom. The van der Waals surface area contributed by atoms with E-state index in [1.54, 1.807) is 0 Å². The van der Waals surface area contributed by atoms with Crippen LogP contribution < -0.4 is 0 Å². The van der Waals surface area contributed by atoms with Crippen molar-refractivity contribution in [3.63, 3.8) is 0 Å². The summed E-state index contributed by atoms with van der Waals surface area (Å²) in [7, 11) is 2.50. The first kappa shape index (κ1) is 15.9. The van der Waals surface area contributed by atoms with Crippen LogP contribution in [-0.4, -0.2) is 29.7 Å². The van der Waals surface area contributed by atoms with Gasteiger partial charge in [-0.25, -0.2) is 0 Å². The summed E-state index contributed by atoms with van der Waals surface area (Å²) in [5, 5.41) is 21.4. The predicted molar refractivity (Wildman–Crippen MR) is 87.8 cm³/mol. The van der Waals surface area contributed by atoms with Crippen molar-refractivity contribution in [3.8, 4) is 0 Å². The molecule has 2 bridgehead atoms. The molecule has 21 heavy (non-hydrogen) atoms. The third-order valence-corrected chi connectivity index (χ3v) is 6.59. The molecule has 3 aliphatic rings. The second-order valence-corrected chi connectivity index (χ2v) is 8.40. The minimum absolute atomic E-state index is 0.0779. The third-order valence-electron chi connectivity index (χ3n) is 6.59. The maximum Gasteiger partial charge on any atom is 0.129 e. The zero-order valence-electron chi connectivity index (χ0n) is 13.6. The van der Waals surface area contributed by atoms with Gasteiger partial charge in [-0.2, -0.15) is 0 Å². The number of fused-ring (bicyclic) bond motifs is 2. The highest BCUT2D eigenvalue weighted by Crippen LogP contribution is 2.61. The van der Waals surface area contributed by atoms with Crippen LogP contribution in [-0.2, 0) is 0 Å². The first-order chi connectivity index (χ1) is 10.1. The van der Waals surface area contributed by atoms with Gasteiger partial charge in [0.05, 0.1) is 5.60 Å². The lowest BCUT2D eigenvalue weighted by Gasteiger charge is -2.54. The quantitative estimate of drug-likeness (QED) is 0.764. The fourth-order valence-corrected chi connectivity index (χ4v) is 5.60. The van der Waals surface area contributed by atoms with Crippen molar-refractivity contribution in [1.29, 1.82) is 0 Å². The minimum Gasteiger partial charge on any atom is -0.397 e. The van der Waals surface area contributed by atoms with Crippen molar-refractivity contribution < 1.29 is 10.2 Å². The molecule has 0 amide bonds. The van der Waals surface area contributed by atoms with Crippen LogP contribution in [0.3, 0.4) is 0 Å². The molecule has 3 heteroatoms. The van der Waals surface area contributed by atoms with Crippen molar-refractivity contribution >= 4 is 7.28 Å². The predicted octanol–water partition coefficient (Wildman–Crippen LogP) is 4.23. The minimum atomic E-state index is -0.438. The lowest BCUT2D eigenvalue weighted by atomic mass is 9.28. The molecular formula is C18H32BO2. The molecule has 2 N–H and O–H groups in total. The molecule has 0 aromatic carbocycles. The molecule has 2 aliphatic heterocycles. The van der Waals surface area contributed by atoms with E-state index in [1.807, 2.05) is 0 Å².